The average molecular weight is 316 g/mol. The second-order valence-corrected chi connectivity index (χ2v) is 5.25. The molecule has 4 nitrogen and oxygen atoms in total. The number of nitrogens with one attached hydrogen (secondary N) is 1. The van der Waals surface area contributed by atoms with Gasteiger partial charge in [-0.3, -0.25) is 0 Å². The summed E-state index contributed by atoms with van der Waals surface area (Å²) in [7, 11) is 1.57. The van der Waals surface area contributed by atoms with Gasteiger partial charge in [0.25, 0.3) is 0 Å². The summed E-state index contributed by atoms with van der Waals surface area (Å²) in [5.74, 6) is 0.649. The van der Waals surface area contributed by atoms with E-state index in [1.807, 2.05) is 36.4 Å². The lowest BCUT2D eigenvalue weighted by atomic mass is 10.1. The lowest BCUT2D eigenvalue weighted by Gasteiger charge is -2.09. The molecule has 0 saturated heterocycles. The number of halogens is 1. The lowest BCUT2D eigenvalue weighted by molar-refractivity contribution is 0.414. The maximum Gasteiger partial charge on any atom is 0.336 e. The van der Waals surface area contributed by atoms with Crippen LogP contribution in [0.5, 0.6) is 5.75 Å². The minimum absolute atomic E-state index is 0.386. The molecule has 2 aromatic carbocycles. The number of fused-ring (bicyclic) bond motifs is 1. The van der Waals surface area contributed by atoms with E-state index in [4.69, 9.17) is 20.8 Å². The zero-order chi connectivity index (χ0) is 15.5. The summed E-state index contributed by atoms with van der Waals surface area (Å²) in [5, 5.41) is 4.78. The lowest BCUT2D eigenvalue weighted by Crippen LogP contribution is -2.05. The van der Waals surface area contributed by atoms with Gasteiger partial charge in [0.05, 0.1) is 7.11 Å². The van der Waals surface area contributed by atoms with Crippen LogP contribution in [0.15, 0.2) is 57.7 Å². The molecule has 1 heterocycles. The van der Waals surface area contributed by atoms with Gasteiger partial charge in [-0.05, 0) is 35.9 Å². The van der Waals surface area contributed by atoms with Crippen molar-refractivity contribution in [3.8, 4) is 5.75 Å². The highest BCUT2D eigenvalue weighted by molar-refractivity contribution is 6.30. The van der Waals surface area contributed by atoms with Crippen LogP contribution < -0.4 is 15.7 Å². The van der Waals surface area contributed by atoms with Crippen LogP contribution in [-0.2, 0) is 6.54 Å². The Labute approximate surface area is 132 Å². The first kappa shape index (κ1) is 14.5. The molecule has 0 atom stereocenters. The molecule has 0 aliphatic carbocycles. The molecule has 3 aromatic rings. The molecule has 3 rings (SSSR count). The topological polar surface area (TPSA) is 51.5 Å². The Balaban J connectivity index is 1.94. The van der Waals surface area contributed by atoms with Crippen LogP contribution >= 0.6 is 11.6 Å². The SMILES string of the molecule is COc1ccc2c(CNc3cccc(Cl)c3)cc(=O)oc2c1. The van der Waals surface area contributed by atoms with Gasteiger partial charge in [-0.25, -0.2) is 4.79 Å². The van der Waals surface area contributed by atoms with Crippen molar-refractivity contribution in [1.29, 1.82) is 0 Å². The first-order chi connectivity index (χ1) is 10.7. The molecule has 0 fully saturated rings. The smallest absolute Gasteiger partial charge is 0.336 e. The maximum atomic E-state index is 11.7. The number of hydrogen-bond donors (Lipinski definition) is 1. The van der Waals surface area contributed by atoms with Crippen LogP contribution in [0.4, 0.5) is 5.69 Å². The maximum absolute atomic E-state index is 11.7. The summed E-state index contributed by atoms with van der Waals surface area (Å²) in [6.07, 6.45) is 0. The van der Waals surface area contributed by atoms with Crippen molar-refractivity contribution in [2.75, 3.05) is 12.4 Å². The van der Waals surface area contributed by atoms with Crippen molar-refractivity contribution < 1.29 is 9.15 Å². The van der Waals surface area contributed by atoms with Crippen molar-refractivity contribution in [2.45, 2.75) is 6.54 Å². The molecule has 1 aromatic heterocycles. The van der Waals surface area contributed by atoms with E-state index in [0.29, 0.717) is 22.9 Å². The quantitative estimate of drug-likeness (QED) is 0.737. The molecular weight excluding hydrogens is 302 g/mol. The second kappa shape index (κ2) is 6.12. The van der Waals surface area contributed by atoms with Crippen molar-refractivity contribution in [3.05, 3.63) is 69.5 Å². The van der Waals surface area contributed by atoms with E-state index in [1.165, 1.54) is 6.07 Å². The highest BCUT2D eigenvalue weighted by Crippen LogP contribution is 2.23. The number of ether oxygens (including phenoxy) is 1. The molecule has 0 aliphatic rings. The third-order valence-corrected chi connectivity index (χ3v) is 3.58. The minimum atomic E-state index is -0.386. The second-order valence-electron chi connectivity index (χ2n) is 4.82. The van der Waals surface area contributed by atoms with Crippen molar-refractivity contribution in [1.82, 2.24) is 0 Å². The van der Waals surface area contributed by atoms with E-state index in [1.54, 1.807) is 13.2 Å². The molecule has 22 heavy (non-hydrogen) atoms. The molecule has 5 heteroatoms. The van der Waals surface area contributed by atoms with Crippen LogP contribution in [0, 0.1) is 0 Å². The summed E-state index contributed by atoms with van der Waals surface area (Å²) < 4.78 is 10.4. The van der Waals surface area contributed by atoms with Crippen LogP contribution in [0.1, 0.15) is 5.56 Å². The number of hydrogen-bond acceptors (Lipinski definition) is 4. The predicted molar refractivity (Wildman–Crippen MR) is 87.8 cm³/mol. The molecular formula is C17H14ClNO3. The fourth-order valence-electron chi connectivity index (χ4n) is 2.28. The third-order valence-electron chi connectivity index (χ3n) is 3.34. The first-order valence-corrected chi connectivity index (χ1v) is 7.14. The number of rotatable bonds is 4. The summed E-state index contributed by atoms with van der Waals surface area (Å²) in [5.41, 5.74) is 1.87. The standard InChI is InChI=1S/C17H14ClNO3/c1-21-14-5-6-15-11(7-17(20)22-16(15)9-14)10-19-13-4-2-3-12(18)8-13/h2-9,19H,10H2,1H3. The minimum Gasteiger partial charge on any atom is -0.497 e. The van der Waals surface area contributed by atoms with Crippen LogP contribution in [0.2, 0.25) is 5.02 Å². The van der Waals surface area contributed by atoms with Gasteiger partial charge < -0.3 is 14.5 Å². The Morgan fingerprint density at radius 3 is 2.82 bits per heavy atom. The Morgan fingerprint density at radius 1 is 1.18 bits per heavy atom. The van der Waals surface area contributed by atoms with Crippen LogP contribution in [-0.4, -0.2) is 7.11 Å². The van der Waals surface area contributed by atoms with E-state index in [9.17, 15) is 4.79 Å². The molecule has 0 saturated carbocycles. The van der Waals surface area contributed by atoms with Gasteiger partial charge in [0.2, 0.25) is 0 Å². The zero-order valence-corrected chi connectivity index (χ0v) is 12.7. The van der Waals surface area contributed by atoms with Crippen molar-refractivity contribution in [3.63, 3.8) is 0 Å². The Bertz CT molecular complexity index is 873. The van der Waals surface area contributed by atoms with Crippen LogP contribution in [0.25, 0.3) is 11.0 Å². The van der Waals surface area contributed by atoms with E-state index in [2.05, 4.69) is 5.32 Å². The first-order valence-electron chi connectivity index (χ1n) is 6.76. The molecule has 0 bridgehead atoms. The fraction of sp³-hybridized carbons (Fsp3) is 0.118. The predicted octanol–water partition coefficient (Wildman–Crippen LogP) is 4.07. The van der Waals surface area contributed by atoms with Gasteiger partial charge in [0, 0.05) is 34.8 Å². The molecule has 0 aliphatic heterocycles. The fourth-order valence-corrected chi connectivity index (χ4v) is 2.47. The van der Waals surface area contributed by atoms with E-state index < -0.39 is 0 Å². The molecule has 1 N–H and O–H groups in total. The molecule has 0 unspecified atom stereocenters. The van der Waals surface area contributed by atoms with Gasteiger partial charge in [-0.2, -0.15) is 0 Å². The normalized spacial score (nSPS) is 10.6. The molecule has 112 valence electrons. The average Bonchev–Trinajstić information content (AvgIpc) is 2.52. The third kappa shape index (κ3) is 3.07. The monoisotopic (exact) mass is 315 g/mol. The molecule has 0 amide bonds. The number of methoxy groups -OCH3 is 1. The van der Waals surface area contributed by atoms with Gasteiger partial charge in [-0.1, -0.05) is 17.7 Å². The van der Waals surface area contributed by atoms with E-state index >= 15 is 0 Å². The molecule has 0 radical (unpaired) electrons. The Morgan fingerprint density at radius 2 is 2.05 bits per heavy atom. The zero-order valence-electron chi connectivity index (χ0n) is 11.9. The molecule has 0 spiro atoms. The summed E-state index contributed by atoms with van der Waals surface area (Å²) in [4.78, 5) is 11.7. The summed E-state index contributed by atoms with van der Waals surface area (Å²) in [6.45, 7) is 0.495. The van der Waals surface area contributed by atoms with E-state index in [-0.39, 0.29) is 5.63 Å². The van der Waals surface area contributed by atoms with Gasteiger partial charge in [0.15, 0.2) is 0 Å². The Hall–Kier alpha value is -2.46. The largest absolute Gasteiger partial charge is 0.497 e. The summed E-state index contributed by atoms with van der Waals surface area (Å²) in [6, 6.07) is 14.3. The highest BCUT2D eigenvalue weighted by atomic mass is 35.5. The highest BCUT2D eigenvalue weighted by Gasteiger charge is 2.07. The van der Waals surface area contributed by atoms with E-state index in [0.717, 1.165) is 16.6 Å². The van der Waals surface area contributed by atoms with Gasteiger partial charge in [-0.15, -0.1) is 0 Å². The number of anilines is 1. The van der Waals surface area contributed by atoms with Crippen molar-refractivity contribution in [2.24, 2.45) is 0 Å². The van der Waals surface area contributed by atoms with Crippen LogP contribution in [0.3, 0.4) is 0 Å². The Kier molecular flexibility index (Phi) is 4.02. The van der Waals surface area contributed by atoms with Crippen molar-refractivity contribution >= 4 is 28.3 Å². The number of benzene rings is 2. The van der Waals surface area contributed by atoms with Gasteiger partial charge >= 0.3 is 5.63 Å². The van der Waals surface area contributed by atoms with Gasteiger partial charge in [0.1, 0.15) is 11.3 Å². The summed E-state index contributed by atoms with van der Waals surface area (Å²) >= 11 is 5.96.